The van der Waals surface area contributed by atoms with Crippen LogP contribution in [0.1, 0.15) is 23.2 Å². The first-order chi connectivity index (χ1) is 12.9. The third kappa shape index (κ3) is 3.37. The molecule has 0 radical (unpaired) electrons. The van der Waals surface area contributed by atoms with Gasteiger partial charge in [0.1, 0.15) is 0 Å². The fraction of sp³-hybridized carbons (Fsp3) is 0.368. The molecule has 8 heteroatoms. The van der Waals surface area contributed by atoms with Gasteiger partial charge in [0.15, 0.2) is 17.5 Å². The molecule has 4 heterocycles. The number of halogens is 3. The van der Waals surface area contributed by atoms with Crippen LogP contribution in [0.2, 0.25) is 0 Å². The molecule has 1 N–H and O–H groups in total. The minimum Gasteiger partial charge on any atom is -0.348 e. The summed E-state index contributed by atoms with van der Waals surface area (Å²) in [6.45, 7) is 2.89. The van der Waals surface area contributed by atoms with Gasteiger partial charge in [-0.25, -0.2) is 13.2 Å². The molecule has 3 fully saturated rings. The zero-order valence-corrected chi connectivity index (χ0v) is 14.4. The van der Waals surface area contributed by atoms with Crippen LogP contribution in [0.15, 0.2) is 35.3 Å². The van der Waals surface area contributed by atoms with E-state index in [2.05, 4.69) is 10.2 Å². The summed E-state index contributed by atoms with van der Waals surface area (Å²) < 4.78 is 41.1. The summed E-state index contributed by atoms with van der Waals surface area (Å²) >= 11 is 0. The Morgan fingerprint density at radius 3 is 2.33 bits per heavy atom. The molecule has 1 unspecified atom stereocenters. The highest BCUT2D eigenvalue weighted by Gasteiger charge is 2.35. The summed E-state index contributed by atoms with van der Waals surface area (Å²) in [6, 6.07) is 3.99. The Balaban J connectivity index is 1.60. The Kier molecular flexibility index (Phi) is 4.51. The number of aromatic nitrogens is 1. The normalized spacial score (nSPS) is 24.0. The molecule has 5 nitrogen and oxygen atoms in total. The Labute approximate surface area is 153 Å². The van der Waals surface area contributed by atoms with E-state index >= 15 is 0 Å². The molecule has 27 heavy (non-hydrogen) atoms. The number of nitrogens with zero attached hydrogens (tertiary/aromatic N) is 2. The quantitative estimate of drug-likeness (QED) is 0.834. The van der Waals surface area contributed by atoms with Crippen molar-refractivity contribution < 1.29 is 18.0 Å². The largest absolute Gasteiger partial charge is 0.348 e. The van der Waals surface area contributed by atoms with E-state index in [-0.39, 0.29) is 23.2 Å². The summed E-state index contributed by atoms with van der Waals surface area (Å²) in [5, 5.41) is 2.99. The van der Waals surface area contributed by atoms with E-state index in [4.69, 9.17) is 0 Å². The summed E-state index contributed by atoms with van der Waals surface area (Å²) in [6.07, 6.45) is 3.29. The molecule has 3 saturated heterocycles. The molecule has 3 aliphatic heterocycles. The summed E-state index contributed by atoms with van der Waals surface area (Å²) in [4.78, 5) is 27.0. The van der Waals surface area contributed by atoms with Gasteiger partial charge in [-0.1, -0.05) is 0 Å². The van der Waals surface area contributed by atoms with Crippen molar-refractivity contribution in [3.8, 4) is 5.69 Å². The molecule has 0 aliphatic carbocycles. The highest BCUT2D eigenvalue weighted by molar-refractivity contribution is 5.94. The summed E-state index contributed by atoms with van der Waals surface area (Å²) in [5.41, 5.74) is -0.579. The lowest BCUT2D eigenvalue weighted by Gasteiger charge is -2.44. The van der Waals surface area contributed by atoms with Crippen molar-refractivity contribution in [3.63, 3.8) is 0 Å². The number of carbonyl (C=O) groups excluding carboxylic acids is 1. The van der Waals surface area contributed by atoms with Crippen molar-refractivity contribution in [3.05, 3.63) is 63.8 Å². The third-order valence-corrected chi connectivity index (χ3v) is 5.39. The van der Waals surface area contributed by atoms with Crippen molar-refractivity contribution in [2.24, 2.45) is 5.92 Å². The smallest absolute Gasteiger partial charge is 0.255 e. The lowest BCUT2D eigenvalue weighted by Crippen LogP contribution is -2.57. The average molecular weight is 377 g/mol. The highest BCUT2D eigenvalue weighted by atomic mass is 19.2. The Morgan fingerprint density at radius 2 is 1.74 bits per heavy atom. The van der Waals surface area contributed by atoms with Crippen LogP contribution in [0.3, 0.4) is 0 Å². The van der Waals surface area contributed by atoms with Gasteiger partial charge < -0.3 is 10.2 Å². The van der Waals surface area contributed by atoms with Gasteiger partial charge in [-0.2, -0.15) is 0 Å². The second-order valence-electron chi connectivity index (χ2n) is 7.07. The summed E-state index contributed by atoms with van der Waals surface area (Å²) in [7, 11) is 0. The van der Waals surface area contributed by atoms with E-state index in [1.165, 1.54) is 12.3 Å². The predicted octanol–water partition coefficient (Wildman–Crippen LogP) is 2.08. The van der Waals surface area contributed by atoms with Gasteiger partial charge in [-0.3, -0.25) is 14.2 Å². The van der Waals surface area contributed by atoms with E-state index in [1.807, 2.05) is 0 Å². The molecule has 2 bridgehead atoms. The van der Waals surface area contributed by atoms with Crippen LogP contribution >= 0.6 is 0 Å². The van der Waals surface area contributed by atoms with Crippen LogP contribution in [0.4, 0.5) is 13.2 Å². The molecule has 142 valence electrons. The predicted molar refractivity (Wildman–Crippen MR) is 92.3 cm³/mol. The molecule has 5 rings (SSSR count). The Morgan fingerprint density at radius 1 is 1.07 bits per heavy atom. The number of benzene rings is 1. The first-order valence-corrected chi connectivity index (χ1v) is 8.83. The Bertz CT molecular complexity index is 928. The van der Waals surface area contributed by atoms with Crippen LogP contribution < -0.4 is 10.9 Å². The maximum absolute atomic E-state index is 13.5. The lowest BCUT2D eigenvalue weighted by molar-refractivity contribution is 0.0620. The topological polar surface area (TPSA) is 54.3 Å². The van der Waals surface area contributed by atoms with E-state index in [1.54, 1.807) is 0 Å². The van der Waals surface area contributed by atoms with Crippen molar-refractivity contribution in [1.82, 2.24) is 14.8 Å². The molecule has 0 spiro atoms. The van der Waals surface area contributed by atoms with E-state index in [9.17, 15) is 22.8 Å². The number of hydrogen-bond acceptors (Lipinski definition) is 3. The molecule has 1 aromatic heterocycles. The molecule has 3 aliphatic rings. The van der Waals surface area contributed by atoms with Gasteiger partial charge in [0.05, 0.1) is 11.3 Å². The SMILES string of the molecule is O=C(NC1CN2CCC1CC2)c1ccc(=O)n(-c2cc(F)c(F)c(F)c2)c1. The number of carbonyl (C=O) groups is 1. The van der Waals surface area contributed by atoms with Crippen LogP contribution in [-0.4, -0.2) is 41.1 Å². The van der Waals surface area contributed by atoms with Crippen LogP contribution in [0.5, 0.6) is 0 Å². The number of hydrogen-bond donors (Lipinski definition) is 1. The molecular formula is C19H18F3N3O2. The lowest BCUT2D eigenvalue weighted by atomic mass is 9.84. The first kappa shape index (κ1) is 17.8. The number of amides is 1. The second-order valence-corrected chi connectivity index (χ2v) is 7.07. The standard InChI is InChI=1S/C19H18F3N3O2/c20-14-7-13(8-15(21)18(14)22)25-9-12(1-2-17(25)26)19(27)23-16-10-24-5-3-11(16)4-6-24/h1-2,7-9,11,16H,3-6,10H2,(H,23,27). The van der Waals surface area contributed by atoms with Crippen LogP contribution in [0.25, 0.3) is 5.69 Å². The van der Waals surface area contributed by atoms with Gasteiger partial charge in [0, 0.05) is 37.0 Å². The van der Waals surface area contributed by atoms with Gasteiger partial charge in [0.25, 0.3) is 11.5 Å². The van der Waals surface area contributed by atoms with Gasteiger partial charge in [0.2, 0.25) is 0 Å². The molecule has 0 saturated carbocycles. The number of rotatable bonds is 3. The van der Waals surface area contributed by atoms with Crippen molar-refractivity contribution in [2.45, 2.75) is 18.9 Å². The molecular weight excluding hydrogens is 359 g/mol. The minimum atomic E-state index is -1.61. The highest BCUT2D eigenvalue weighted by Crippen LogP contribution is 2.27. The molecule has 1 aromatic carbocycles. The number of pyridine rings is 1. The molecule has 1 atom stereocenters. The monoisotopic (exact) mass is 377 g/mol. The zero-order chi connectivity index (χ0) is 19.1. The maximum Gasteiger partial charge on any atom is 0.255 e. The zero-order valence-electron chi connectivity index (χ0n) is 14.4. The Hall–Kier alpha value is -2.61. The maximum atomic E-state index is 13.5. The van der Waals surface area contributed by atoms with Crippen molar-refractivity contribution in [2.75, 3.05) is 19.6 Å². The van der Waals surface area contributed by atoms with Gasteiger partial charge >= 0.3 is 0 Å². The number of fused-ring (bicyclic) bond motifs is 3. The van der Waals surface area contributed by atoms with Gasteiger partial charge in [-0.15, -0.1) is 0 Å². The van der Waals surface area contributed by atoms with Crippen LogP contribution in [0, 0.1) is 23.4 Å². The van der Waals surface area contributed by atoms with Crippen molar-refractivity contribution in [1.29, 1.82) is 0 Å². The van der Waals surface area contributed by atoms with Crippen LogP contribution in [-0.2, 0) is 0 Å². The number of nitrogens with one attached hydrogen (secondary N) is 1. The van der Waals surface area contributed by atoms with Crippen molar-refractivity contribution >= 4 is 5.91 Å². The summed E-state index contributed by atoms with van der Waals surface area (Å²) in [5.74, 6) is -4.34. The third-order valence-electron chi connectivity index (χ3n) is 5.39. The fourth-order valence-electron chi connectivity index (χ4n) is 3.88. The van der Waals surface area contributed by atoms with Gasteiger partial charge in [-0.05, 0) is 37.9 Å². The van der Waals surface area contributed by atoms with E-state index in [0.29, 0.717) is 5.92 Å². The average Bonchev–Trinajstić information content (AvgIpc) is 2.67. The second kappa shape index (κ2) is 6.84. The molecule has 1 amide bonds. The van der Waals surface area contributed by atoms with E-state index < -0.39 is 23.0 Å². The fourth-order valence-corrected chi connectivity index (χ4v) is 3.88. The van der Waals surface area contributed by atoms with E-state index in [0.717, 1.165) is 55.2 Å². The minimum absolute atomic E-state index is 0.0427. The number of piperidine rings is 3. The first-order valence-electron chi connectivity index (χ1n) is 8.83. The molecule has 2 aromatic rings.